The maximum atomic E-state index is 12.5. The molecule has 0 fully saturated rings. The van der Waals surface area contributed by atoms with Gasteiger partial charge in [0.25, 0.3) is 5.91 Å². The number of anilines is 1. The van der Waals surface area contributed by atoms with Crippen molar-refractivity contribution < 1.29 is 4.79 Å². The molecule has 1 heterocycles. The standard InChI is InChI=1S/C14H17ClN2OS/c1-3-8-17(4-2)14(18)13-12(16)11-9(15)6-5-7-10(11)19-13/h5-7H,3-4,8,16H2,1-2H3. The summed E-state index contributed by atoms with van der Waals surface area (Å²) in [6.45, 7) is 5.47. The predicted molar refractivity (Wildman–Crippen MR) is 83.1 cm³/mol. The van der Waals surface area contributed by atoms with E-state index in [0.29, 0.717) is 22.1 Å². The maximum absolute atomic E-state index is 12.5. The SMILES string of the molecule is CCCN(CC)C(=O)c1sc2cccc(Cl)c2c1N. The van der Waals surface area contributed by atoms with E-state index >= 15 is 0 Å². The van der Waals surface area contributed by atoms with Gasteiger partial charge in [-0.2, -0.15) is 0 Å². The van der Waals surface area contributed by atoms with E-state index in [4.69, 9.17) is 17.3 Å². The van der Waals surface area contributed by atoms with Gasteiger partial charge in [-0.15, -0.1) is 11.3 Å². The van der Waals surface area contributed by atoms with E-state index in [-0.39, 0.29) is 5.91 Å². The van der Waals surface area contributed by atoms with E-state index in [0.717, 1.165) is 23.1 Å². The molecule has 2 N–H and O–H groups in total. The quantitative estimate of drug-likeness (QED) is 0.926. The predicted octanol–water partition coefficient (Wildman–Crippen LogP) is 4.01. The van der Waals surface area contributed by atoms with Crippen LogP contribution >= 0.6 is 22.9 Å². The summed E-state index contributed by atoms with van der Waals surface area (Å²) in [5, 5.41) is 1.40. The van der Waals surface area contributed by atoms with Crippen LogP contribution in [0.1, 0.15) is 29.9 Å². The molecular formula is C14H17ClN2OS. The second-order valence-electron chi connectivity index (χ2n) is 4.34. The lowest BCUT2D eigenvalue weighted by atomic mass is 10.2. The summed E-state index contributed by atoms with van der Waals surface area (Å²) in [5.41, 5.74) is 6.61. The molecule has 0 aliphatic rings. The molecule has 5 heteroatoms. The van der Waals surface area contributed by atoms with Gasteiger partial charge in [0.15, 0.2) is 0 Å². The Kier molecular flexibility index (Phi) is 4.32. The third-order valence-corrected chi connectivity index (χ3v) is 4.53. The Balaban J connectivity index is 2.48. The molecule has 0 saturated carbocycles. The van der Waals surface area contributed by atoms with Gasteiger partial charge in [-0.05, 0) is 25.5 Å². The summed E-state index contributed by atoms with van der Waals surface area (Å²) >= 11 is 7.57. The van der Waals surface area contributed by atoms with Crippen molar-refractivity contribution in [3.05, 3.63) is 28.1 Å². The number of nitrogens with two attached hydrogens (primary N) is 1. The van der Waals surface area contributed by atoms with Crippen LogP contribution in [-0.4, -0.2) is 23.9 Å². The van der Waals surface area contributed by atoms with Crippen LogP contribution in [-0.2, 0) is 0 Å². The van der Waals surface area contributed by atoms with Gasteiger partial charge in [0, 0.05) is 23.2 Å². The summed E-state index contributed by atoms with van der Waals surface area (Å²) in [7, 11) is 0. The number of carbonyl (C=O) groups is 1. The van der Waals surface area contributed by atoms with E-state index < -0.39 is 0 Å². The largest absolute Gasteiger partial charge is 0.397 e. The first-order valence-electron chi connectivity index (χ1n) is 6.35. The maximum Gasteiger partial charge on any atom is 0.266 e. The Morgan fingerprint density at radius 1 is 1.42 bits per heavy atom. The highest BCUT2D eigenvalue weighted by Gasteiger charge is 2.21. The number of benzene rings is 1. The summed E-state index contributed by atoms with van der Waals surface area (Å²) in [4.78, 5) is 14.9. The highest BCUT2D eigenvalue weighted by atomic mass is 35.5. The van der Waals surface area contributed by atoms with Gasteiger partial charge in [-0.3, -0.25) is 4.79 Å². The third-order valence-electron chi connectivity index (χ3n) is 3.06. The fourth-order valence-electron chi connectivity index (χ4n) is 2.10. The number of hydrogen-bond acceptors (Lipinski definition) is 3. The minimum absolute atomic E-state index is 0.000818. The number of rotatable bonds is 4. The van der Waals surface area contributed by atoms with Gasteiger partial charge in [0.1, 0.15) is 4.88 Å². The van der Waals surface area contributed by atoms with Crippen molar-refractivity contribution in [3.8, 4) is 0 Å². The van der Waals surface area contributed by atoms with E-state index in [1.165, 1.54) is 11.3 Å². The molecule has 0 atom stereocenters. The first-order valence-corrected chi connectivity index (χ1v) is 7.55. The van der Waals surface area contributed by atoms with Crippen LogP contribution in [0.2, 0.25) is 5.02 Å². The number of nitrogen functional groups attached to an aromatic ring is 1. The fourth-order valence-corrected chi connectivity index (χ4v) is 3.55. The van der Waals surface area contributed by atoms with Crippen molar-refractivity contribution in [3.63, 3.8) is 0 Å². The molecule has 0 radical (unpaired) electrons. The molecule has 19 heavy (non-hydrogen) atoms. The molecule has 1 aromatic carbocycles. The zero-order chi connectivity index (χ0) is 14.0. The van der Waals surface area contributed by atoms with Crippen molar-refractivity contribution >= 4 is 44.6 Å². The fraction of sp³-hybridized carbons (Fsp3) is 0.357. The van der Waals surface area contributed by atoms with Crippen LogP contribution in [0.4, 0.5) is 5.69 Å². The Bertz CT molecular complexity index is 609. The van der Waals surface area contributed by atoms with Gasteiger partial charge in [-0.1, -0.05) is 24.6 Å². The molecular weight excluding hydrogens is 280 g/mol. The third kappa shape index (κ3) is 2.55. The van der Waals surface area contributed by atoms with E-state index in [9.17, 15) is 4.79 Å². The number of halogens is 1. The van der Waals surface area contributed by atoms with Crippen LogP contribution in [0.3, 0.4) is 0 Å². The average Bonchev–Trinajstić information content (AvgIpc) is 2.74. The minimum atomic E-state index is -0.000818. The van der Waals surface area contributed by atoms with Gasteiger partial charge in [-0.25, -0.2) is 0 Å². The molecule has 2 aromatic rings. The van der Waals surface area contributed by atoms with Crippen LogP contribution in [0.25, 0.3) is 10.1 Å². The molecule has 102 valence electrons. The van der Waals surface area contributed by atoms with E-state index in [1.54, 1.807) is 6.07 Å². The lowest BCUT2D eigenvalue weighted by Crippen LogP contribution is -2.31. The van der Waals surface area contributed by atoms with Crippen molar-refractivity contribution in [2.24, 2.45) is 0 Å². The molecule has 0 aliphatic heterocycles. The number of carbonyl (C=O) groups excluding carboxylic acids is 1. The second-order valence-corrected chi connectivity index (χ2v) is 5.80. The molecule has 1 amide bonds. The summed E-state index contributed by atoms with van der Waals surface area (Å²) < 4.78 is 0.959. The molecule has 1 aromatic heterocycles. The molecule has 0 spiro atoms. The molecule has 2 rings (SSSR count). The normalized spacial score (nSPS) is 10.9. The van der Waals surface area contributed by atoms with Gasteiger partial charge in [0.2, 0.25) is 0 Å². The number of thiophene rings is 1. The van der Waals surface area contributed by atoms with Crippen molar-refractivity contribution in [2.75, 3.05) is 18.8 Å². The second kappa shape index (κ2) is 5.80. The summed E-state index contributed by atoms with van der Waals surface area (Å²) in [6, 6.07) is 5.61. The number of nitrogens with zero attached hydrogens (tertiary/aromatic N) is 1. The molecule has 0 unspecified atom stereocenters. The lowest BCUT2D eigenvalue weighted by Gasteiger charge is -2.19. The Hall–Kier alpha value is -1.26. The average molecular weight is 297 g/mol. The summed E-state index contributed by atoms with van der Waals surface area (Å²) in [6.07, 6.45) is 0.936. The van der Waals surface area contributed by atoms with Gasteiger partial charge >= 0.3 is 0 Å². The van der Waals surface area contributed by atoms with Crippen molar-refractivity contribution in [1.29, 1.82) is 0 Å². The smallest absolute Gasteiger partial charge is 0.266 e. The Morgan fingerprint density at radius 2 is 2.16 bits per heavy atom. The lowest BCUT2D eigenvalue weighted by molar-refractivity contribution is 0.0770. The molecule has 0 aliphatic carbocycles. The Morgan fingerprint density at radius 3 is 2.74 bits per heavy atom. The summed E-state index contributed by atoms with van der Waals surface area (Å²) in [5.74, 6) is -0.000818. The van der Waals surface area contributed by atoms with E-state index in [1.807, 2.05) is 24.0 Å². The monoisotopic (exact) mass is 296 g/mol. The van der Waals surface area contributed by atoms with Crippen LogP contribution in [0.15, 0.2) is 18.2 Å². The van der Waals surface area contributed by atoms with Gasteiger partial charge in [0.05, 0.1) is 10.7 Å². The Labute approximate surface area is 122 Å². The first kappa shape index (κ1) is 14.2. The highest BCUT2D eigenvalue weighted by molar-refractivity contribution is 7.21. The molecule has 0 saturated heterocycles. The zero-order valence-corrected chi connectivity index (χ0v) is 12.6. The molecule has 0 bridgehead atoms. The minimum Gasteiger partial charge on any atom is -0.397 e. The van der Waals surface area contributed by atoms with Crippen molar-refractivity contribution in [2.45, 2.75) is 20.3 Å². The van der Waals surface area contributed by atoms with Gasteiger partial charge < -0.3 is 10.6 Å². The highest BCUT2D eigenvalue weighted by Crippen LogP contribution is 2.38. The molecule has 3 nitrogen and oxygen atoms in total. The van der Waals surface area contributed by atoms with E-state index in [2.05, 4.69) is 6.92 Å². The van der Waals surface area contributed by atoms with Crippen LogP contribution in [0, 0.1) is 0 Å². The number of amides is 1. The van der Waals surface area contributed by atoms with Crippen LogP contribution < -0.4 is 5.73 Å². The van der Waals surface area contributed by atoms with Crippen molar-refractivity contribution in [1.82, 2.24) is 4.90 Å². The zero-order valence-electron chi connectivity index (χ0n) is 11.1. The number of fused-ring (bicyclic) bond motifs is 1. The number of hydrogen-bond donors (Lipinski definition) is 1. The topological polar surface area (TPSA) is 46.3 Å². The van der Waals surface area contributed by atoms with Crippen LogP contribution in [0.5, 0.6) is 0 Å². The first-order chi connectivity index (χ1) is 9.10.